The van der Waals surface area contributed by atoms with Crippen molar-refractivity contribution in [1.29, 1.82) is 0 Å². The summed E-state index contributed by atoms with van der Waals surface area (Å²) in [6.07, 6.45) is -3.56. The second-order valence-corrected chi connectivity index (χ2v) is 9.24. The number of nitrogens with zero attached hydrogens (tertiary/aromatic N) is 1. The van der Waals surface area contributed by atoms with Gasteiger partial charge >= 0.3 is 6.18 Å². The van der Waals surface area contributed by atoms with E-state index in [2.05, 4.69) is 5.32 Å². The summed E-state index contributed by atoms with van der Waals surface area (Å²) in [5.74, 6) is -0.597. The standard InChI is InChI=1S/C22H19F3N2O4S/c23-22(24,25)21(7-8-21)13-1-3-14(4-2-13)31-10-12-11-32-18-15(12)9-27(20(18)30)16-5-6-17(28)26-19(16)29/h1-4,11,16H,5-10H2,(H,26,28,29)/t16-/m0/s1. The zero-order valence-corrected chi connectivity index (χ0v) is 17.6. The van der Waals surface area contributed by atoms with Gasteiger partial charge in [-0.25, -0.2) is 0 Å². The highest BCUT2D eigenvalue weighted by atomic mass is 32.1. The number of thiophene rings is 1. The second-order valence-electron chi connectivity index (χ2n) is 8.36. The minimum absolute atomic E-state index is 0.107. The fourth-order valence-corrected chi connectivity index (χ4v) is 5.41. The molecular weight excluding hydrogens is 445 g/mol. The van der Waals surface area contributed by atoms with E-state index in [4.69, 9.17) is 4.74 Å². The minimum atomic E-state index is -4.26. The van der Waals surface area contributed by atoms with E-state index >= 15 is 0 Å². The van der Waals surface area contributed by atoms with E-state index in [-0.39, 0.29) is 49.8 Å². The van der Waals surface area contributed by atoms with E-state index in [0.29, 0.717) is 17.0 Å². The maximum absolute atomic E-state index is 13.3. The number of carbonyl (C=O) groups is 3. The molecule has 168 valence electrons. The van der Waals surface area contributed by atoms with Crippen LogP contribution in [0.2, 0.25) is 0 Å². The fraction of sp³-hybridized carbons (Fsp3) is 0.409. The fourth-order valence-electron chi connectivity index (χ4n) is 4.39. The van der Waals surface area contributed by atoms with E-state index in [0.717, 1.165) is 11.1 Å². The summed E-state index contributed by atoms with van der Waals surface area (Å²) in [6, 6.07) is 5.32. The van der Waals surface area contributed by atoms with Gasteiger partial charge in [-0.15, -0.1) is 11.3 Å². The van der Waals surface area contributed by atoms with Gasteiger partial charge in [0.25, 0.3) is 5.91 Å². The smallest absolute Gasteiger partial charge is 0.398 e. The van der Waals surface area contributed by atoms with Crippen LogP contribution < -0.4 is 10.1 Å². The van der Waals surface area contributed by atoms with Gasteiger partial charge in [-0.3, -0.25) is 19.7 Å². The van der Waals surface area contributed by atoms with Crippen LogP contribution >= 0.6 is 11.3 Å². The zero-order chi connectivity index (χ0) is 22.7. The van der Waals surface area contributed by atoms with E-state index in [9.17, 15) is 27.6 Å². The third-order valence-electron chi connectivity index (χ3n) is 6.44. The van der Waals surface area contributed by atoms with Gasteiger partial charge in [-0.2, -0.15) is 13.2 Å². The number of alkyl halides is 3. The van der Waals surface area contributed by atoms with Crippen molar-refractivity contribution in [2.45, 2.75) is 56.5 Å². The lowest BCUT2D eigenvalue weighted by molar-refractivity contribution is -0.160. The van der Waals surface area contributed by atoms with E-state index in [1.807, 2.05) is 5.38 Å². The molecule has 0 bridgehead atoms. The highest BCUT2D eigenvalue weighted by Gasteiger charge is 2.64. The predicted molar refractivity (Wildman–Crippen MR) is 108 cm³/mol. The monoisotopic (exact) mass is 464 g/mol. The number of piperidine rings is 1. The van der Waals surface area contributed by atoms with Crippen molar-refractivity contribution >= 4 is 29.1 Å². The molecule has 2 fully saturated rings. The normalized spacial score (nSPS) is 22.0. The number of hydrogen-bond donors (Lipinski definition) is 1. The number of hydrogen-bond acceptors (Lipinski definition) is 5. The number of imide groups is 1. The topological polar surface area (TPSA) is 75.7 Å². The van der Waals surface area contributed by atoms with Crippen LogP contribution in [0.15, 0.2) is 29.6 Å². The summed E-state index contributed by atoms with van der Waals surface area (Å²) in [7, 11) is 0. The van der Waals surface area contributed by atoms with Gasteiger partial charge in [0.1, 0.15) is 18.4 Å². The lowest BCUT2D eigenvalue weighted by Gasteiger charge is -2.29. The van der Waals surface area contributed by atoms with Gasteiger partial charge in [-0.1, -0.05) is 12.1 Å². The van der Waals surface area contributed by atoms with Crippen LogP contribution in [0.1, 0.15) is 52.0 Å². The van der Waals surface area contributed by atoms with Crippen LogP contribution in [0.25, 0.3) is 0 Å². The number of rotatable bonds is 5. The summed E-state index contributed by atoms with van der Waals surface area (Å²) in [4.78, 5) is 38.3. The third kappa shape index (κ3) is 3.37. The largest absolute Gasteiger partial charge is 0.489 e. The van der Waals surface area contributed by atoms with E-state index in [1.165, 1.54) is 40.5 Å². The number of ether oxygens (including phenoxy) is 1. The van der Waals surface area contributed by atoms with Crippen LogP contribution in [0.4, 0.5) is 13.2 Å². The Hall–Kier alpha value is -2.88. The molecule has 1 saturated carbocycles. The highest BCUT2D eigenvalue weighted by molar-refractivity contribution is 7.12. The molecule has 1 aromatic heterocycles. The molecule has 3 amide bonds. The summed E-state index contributed by atoms with van der Waals surface area (Å²) in [5, 5.41) is 4.09. The molecule has 1 saturated heterocycles. The number of fused-ring (bicyclic) bond motifs is 1. The molecule has 1 N–H and O–H groups in total. The van der Waals surface area contributed by atoms with Crippen molar-refractivity contribution in [3.8, 4) is 5.75 Å². The number of halogens is 3. The number of amides is 3. The first-order valence-corrected chi connectivity index (χ1v) is 11.1. The quantitative estimate of drug-likeness (QED) is 0.685. The average molecular weight is 464 g/mol. The van der Waals surface area contributed by atoms with Crippen LogP contribution in [-0.2, 0) is 28.2 Å². The van der Waals surface area contributed by atoms with Crippen molar-refractivity contribution in [3.05, 3.63) is 51.2 Å². The Kier molecular flexibility index (Phi) is 4.81. The predicted octanol–water partition coefficient (Wildman–Crippen LogP) is 3.68. The summed E-state index contributed by atoms with van der Waals surface area (Å²) < 4.78 is 45.6. The molecule has 0 spiro atoms. The Balaban J connectivity index is 1.26. The number of benzene rings is 1. The van der Waals surface area contributed by atoms with Crippen molar-refractivity contribution in [2.24, 2.45) is 0 Å². The lowest BCUT2D eigenvalue weighted by Crippen LogP contribution is -2.52. The van der Waals surface area contributed by atoms with Gasteiger partial charge < -0.3 is 9.64 Å². The molecule has 0 radical (unpaired) electrons. The van der Waals surface area contributed by atoms with Gasteiger partial charge in [0.2, 0.25) is 11.8 Å². The summed E-state index contributed by atoms with van der Waals surface area (Å²) in [5.41, 5.74) is 0.111. The Morgan fingerprint density at radius 3 is 2.50 bits per heavy atom. The second kappa shape index (κ2) is 7.33. The Morgan fingerprint density at radius 2 is 1.88 bits per heavy atom. The number of carbonyl (C=O) groups excluding carboxylic acids is 3. The van der Waals surface area contributed by atoms with Crippen molar-refractivity contribution < 1.29 is 32.3 Å². The van der Waals surface area contributed by atoms with Crippen LogP contribution in [0.5, 0.6) is 5.75 Å². The van der Waals surface area contributed by atoms with Gasteiger partial charge in [0, 0.05) is 24.1 Å². The zero-order valence-electron chi connectivity index (χ0n) is 16.8. The van der Waals surface area contributed by atoms with Crippen LogP contribution in [0.3, 0.4) is 0 Å². The average Bonchev–Trinajstić information content (AvgIpc) is 3.39. The molecule has 1 atom stereocenters. The first kappa shape index (κ1) is 21.0. The van der Waals surface area contributed by atoms with Gasteiger partial charge in [0.15, 0.2) is 0 Å². The molecular formula is C22H19F3N2O4S. The summed E-state index contributed by atoms with van der Waals surface area (Å²) in [6.45, 7) is 0.418. The highest BCUT2D eigenvalue weighted by Crippen LogP contribution is 2.58. The Labute approximate surface area is 185 Å². The van der Waals surface area contributed by atoms with Gasteiger partial charge in [0.05, 0.1) is 10.3 Å². The Bertz CT molecular complexity index is 1110. The van der Waals surface area contributed by atoms with Crippen LogP contribution in [0, 0.1) is 0 Å². The van der Waals surface area contributed by atoms with Gasteiger partial charge in [-0.05, 0) is 42.3 Å². The molecule has 1 aliphatic carbocycles. The van der Waals surface area contributed by atoms with Crippen molar-refractivity contribution in [3.63, 3.8) is 0 Å². The molecule has 6 nitrogen and oxygen atoms in total. The minimum Gasteiger partial charge on any atom is -0.489 e. The van der Waals surface area contributed by atoms with E-state index < -0.39 is 23.5 Å². The molecule has 5 rings (SSSR count). The molecule has 3 heterocycles. The van der Waals surface area contributed by atoms with Crippen LogP contribution in [-0.4, -0.2) is 34.8 Å². The van der Waals surface area contributed by atoms with E-state index in [1.54, 1.807) is 0 Å². The molecule has 3 aliphatic rings. The molecule has 32 heavy (non-hydrogen) atoms. The molecule has 2 aromatic rings. The molecule has 0 unspecified atom stereocenters. The first-order valence-electron chi connectivity index (χ1n) is 10.2. The third-order valence-corrected chi connectivity index (χ3v) is 7.50. The molecule has 2 aliphatic heterocycles. The molecule has 1 aromatic carbocycles. The lowest BCUT2D eigenvalue weighted by atomic mass is 9.95. The van der Waals surface area contributed by atoms with Crippen molar-refractivity contribution in [1.82, 2.24) is 10.2 Å². The summed E-state index contributed by atoms with van der Waals surface area (Å²) >= 11 is 1.27. The SMILES string of the molecule is O=C1CC[C@H](N2Cc3c(COc4ccc(C5(C(F)(F)F)CC5)cc4)csc3C2=O)C(=O)N1. The number of nitrogens with one attached hydrogen (secondary N) is 1. The van der Waals surface area contributed by atoms with Crippen molar-refractivity contribution in [2.75, 3.05) is 0 Å². The Morgan fingerprint density at radius 1 is 1.16 bits per heavy atom. The maximum Gasteiger partial charge on any atom is 0.398 e. The molecule has 10 heteroatoms. The first-order chi connectivity index (χ1) is 15.2. The maximum atomic E-state index is 13.3.